The van der Waals surface area contributed by atoms with Crippen LogP contribution in [0.3, 0.4) is 0 Å². The van der Waals surface area contributed by atoms with E-state index in [2.05, 4.69) is 10.6 Å². The van der Waals surface area contributed by atoms with E-state index in [1.54, 1.807) is 0 Å². The molecule has 168 valence electrons. The Kier molecular flexibility index (Phi) is 7.04. The molecule has 1 fully saturated rings. The highest BCUT2D eigenvalue weighted by atomic mass is 16.5. The van der Waals surface area contributed by atoms with Crippen LogP contribution in [0.5, 0.6) is 5.75 Å². The van der Waals surface area contributed by atoms with Crippen LogP contribution in [0.15, 0.2) is 42.5 Å². The average Bonchev–Trinajstić information content (AvgIpc) is 2.78. The number of ether oxygens (including phenoxy) is 1. The largest absolute Gasteiger partial charge is 0.494 e. The van der Waals surface area contributed by atoms with Gasteiger partial charge >= 0.3 is 0 Å². The molecule has 2 heterocycles. The molecule has 7 heteroatoms. The Balaban J connectivity index is 1.21. The summed E-state index contributed by atoms with van der Waals surface area (Å²) < 4.78 is 5.78. The third kappa shape index (κ3) is 5.87. The zero-order valence-corrected chi connectivity index (χ0v) is 18.2. The highest BCUT2D eigenvalue weighted by molar-refractivity contribution is 5.94. The van der Waals surface area contributed by atoms with Crippen LogP contribution in [0.4, 0.5) is 11.4 Å². The second-order valence-corrected chi connectivity index (χ2v) is 8.34. The van der Waals surface area contributed by atoms with Gasteiger partial charge in [0.1, 0.15) is 5.75 Å². The minimum Gasteiger partial charge on any atom is -0.494 e. The number of aryl methyl sites for hydroxylation is 1. The van der Waals surface area contributed by atoms with E-state index < -0.39 is 0 Å². The number of anilines is 2. The van der Waals surface area contributed by atoms with E-state index in [4.69, 9.17) is 4.74 Å². The Bertz CT molecular complexity index is 1000. The van der Waals surface area contributed by atoms with E-state index in [1.807, 2.05) is 47.4 Å². The molecule has 0 aromatic heterocycles. The SMILES string of the molecule is O=C(CCCOc1ccc2c(c1)CCC(=O)N2)Nc1cccc(CN2CCCCC2=O)c1. The molecule has 32 heavy (non-hydrogen) atoms. The smallest absolute Gasteiger partial charge is 0.224 e. The number of benzene rings is 2. The van der Waals surface area contributed by atoms with Crippen molar-refractivity contribution in [2.45, 2.75) is 51.5 Å². The number of nitrogens with zero attached hydrogens (tertiary/aromatic N) is 1. The molecule has 0 unspecified atom stereocenters. The number of carbonyl (C=O) groups excluding carboxylic acids is 3. The van der Waals surface area contributed by atoms with Gasteiger partial charge in [0.05, 0.1) is 6.61 Å². The maximum absolute atomic E-state index is 12.3. The fourth-order valence-corrected chi connectivity index (χ4v) is 4.09. The zero-order chi connectivity index (χ0) is 22.3. The minimum atomic E-state index is -0.0621. The molecule has 0 saturated carbocycles. The van der Waals surface area contributed by atoms with E-state index in [-0.39, 0.29) is 17.7 Å². The Hall–Kier alpha value is -3.35. The van der Waals surface area contributed by atoms with Crippen LogP contribution >= 0.6 is 0 Å². The standard InChI is InChI=1S/C25H29N3O4/c29-23(7-4-14-32-21-10-11-22-19(16-21)9-12-24(30)27-22)26-20-6-3-5-18(15-20)17-28-13-2-1-8-25(28)31/h3,5-6,10-11,15-16H,1-2,4,7-9,12-14,17H2,(H,26,29)(H,27,30). The Labute approximate surface area is 188 Å². The van der Waals surface area contributed by atoms with Gasteiger partial charge in [0.2, 0.25) is 17.7 Å². The second-order valence-electron chi connectivity index (χ2n) is 8.34. The van der Waals surface area contributed by atoms with Crippen molar-refractivity contribution < 1.29 is 19.1 Å². The third-order valence-corrected chi connectivity index (χ3v) is 5.79. The number of hydrogen-bond donors (Lipinski definition) is 2. The summed E-state index contributed by atoms with van der Waals surface area (Å²) in [5, 5.41) is 5.79. The van der Waals surface area contributed by atoms with Gasteiger partial charge in [-0.25, -0.2) is 0 Å². The lowest BCUT2D eigenvalue weighted by molar-refractivity contribution is -0.133. The number of likely N-dealkylation sites (tertiary alicyclic amines) is 1. The van der Waals surface area contributed by atoms with Crippen molar-refractivity contribution in [2.75, 3.05) is 23.8 Å². The van der Waals surface area contributed by atoms with Gasteiger partial charge in [0, 0.05) is 43.7 Å². The molecule has 0 atom stereocenters. The quantitative estimate of drug-likeness (QED) is 0.616. The fourth-order valence-electron chi connectivity index (χ4n) is 4.09. The van der Waals surface area contributed by atoms with Crippen molar-refractivity contribution in [1.29, 1.82) is 0 Å². The van der Waals surface area contributed by atoms with E-state index in [1.165, 1.54) is 0 Å². The second kappa shape index (κ2) is 10.3. The molecule has 2 N–H and O–H groups in total. The summed E-state index contributed by atoms with van der Waals surface area (Å²) in [4.78, 5) is 37.7. The number of amides is 3. The van der Waals surface area contributed by atoms with Crippen LogP contribution in [0, 0.1) is 0 Å². The van der Waals surface area contributed by atoms with E-state index in [9.17, 15) is 14.4 Å². The van der Waals surface area contributed by atoms with Crippen LogP contribution in [0.2, 0.25) is 0 Å². The van der Waals surface area contributed by atoms with Gasteiger partial charge in [-0.1, -0.05) is 12.1 Å². The Morgan fingerprint density at radius 2 is 1.97 bits per heavy atom. The summed E-state index contributed by atoms with van der Waals surface area (Å²) in [6.45, 7) is 1.82. The molecule has 1 saturated heterocycles. The van der Waals surface area contributed by atoms with Gasteiger partial charge in [-0.05, 0) is 67.1 Å². The van der Waals surface area contributed by atoms with Crippen LogP contribution < -0.4 is 15.4 Å². The minimum absolute atomic E-state index is 0.0442. The predicted octanol–water partition coefficient (Wildman–Crippen LogP) is 3.88. The van der Waals surface area contributed by atoms with E-state index in [0.717, 1.165) is 47.6 Å². The molecule has 0 aliphatic carbocycles. The number of carbonyl (C=O) groups is 3. The van der Waals surface area contributed by atoms with Gasteiger partial charge in [-0.3, -0.25) is 14.4 Å². The molecule has 4 rings (SSSR count). The van der Waals surface area contributed by atoms with Crippen molar-refractivity contribution in [3.63, 3.8) is 0 Å². The van der Waals surface area contributed by atoms with E-state index >= 15 is 0 Å². The average molecular weight is 436 g/mol. The summed E-state index contributed by atoms with van der Waals surface area (Å²) in [5.41, 5.74) is 3.69. The van der Waals surface area contributed by atoms with Crippen molar-refractivity contribution in [2.24, 2.45) is 0 Å². The van der Waals surface area contributed by atoms with Crippen molar-refractivity contribution in [1.82, 2.24) is 4.90 Å². The molecule has 2 aromatic rings. The summed E-state index contributed by atoms with van der Waals surface area (Å²) in [5.74, 6) is 0.935. The number of nitrogens with one attached hydrogen (secondary N) is 2. The lowest BCUT2D eigenvalue weighted by Crippen LogP contribution is -2.34. The highest BCUT2D eigenvalue weighted by Gasteiger charge is 2.18. The van der Waals surface area contributed by atoms with E-state index in [0.29, 0.717) is 45.3 Å². The molecule has 2 aliphatic heterocycles. The molecule has 0 spiro atoms. The van der Waals surface area contributed by atoms with Crippen molar-refractivity contribution >= 4 is 29.1 Å². The molecule has 7 nitrogen and oxygen atoms in total. The summed E-state index contributed by atoms with van der Waals surface area (Å²) >= 11 is 0. The first-order valence-electron chi connectivity index (χ1n) is 11.3. The van der Waals surface area contributed by atoms with Gasteiger partial charge in [0.25, 0.3) is 0 Å². The lowest BCUT2D eigenvalue weighted by atomic mass is 10.0. The van der Waals surface area contributed by atoms with Crippen molar-refractivity contribution in [3.8, 4) is 5.75 Å². The fraction of sp³-hybridized carbons (Fsp3) is 0.400. The molecular formula is C25H29N3O4. The molecule has 3 amide bonds. The van der Waals surface area contributed by atoms with Crippen LogP contribution in [-0.4, -0.2) is 35.8 Å². The lowest BCUT2D eigenvalue weighted by Gasteiger charge is -2.26. The summed E-state index contributed by atoms with van der Waals surface area (Å²) in [6, 6.07) is 13.3. The van der Waals surface area contributed by atoms with Gasteiger partial charge in [0.15, 0.2) is 0 Å². The first-order valence-corrected chi connectivity index (χ1v) is 11.3. The zero-order valence-electron chi connectivity index (χ0n) is 18.2. The topological polar surface area (TPSA) is 87.7 Å². The normalized spacial score (nSPS) is 15.7. The first kappa shape index (κ1) is 21.9. The summed E-state index contributed by atoms with van der Waals surface area (Å²) in [6.07, 6.45) is 4.81. The molecule has 0 radical (unpaired) electrons. The number of rotatable bonds is 8. The third-order valence-electron chi connectivity index (χ3n) is 5.79. The highest BCUT2D eigenvalue weighted by Crippen LogP contribution is 2.27. The predicted molar refractivity (Wildman–Crippen MR) is 122 cm³/mol. The van der Waals surface area contributed by atoms with Crippen LogP contribution in [0.25, 0.3) is 0 Å². The molecular weight excluding hydrogens is 406 g/mol. The van der Waals surface area contributed by atoms with Crippen molar-refractivity contribution in [3.05, 3.63) is 53.6 Å². The molecule has 0 bridgehead atoms. The summed E-state index contributed by atoms with van der Waals surface area (Å²) in [7, 11) is 0. The Morgan fingerprint density at radius 1 is 1.06 bits per heavy atom. The number of fused-ring (bicyclic) bond motifs is 1. The maximum Gasteiger partial charge on any atom is 0.224 e. The first-order chi connectivity index (χ1) is 15.6. The number of piperidine rings is 1. The van der Waals surface area contributed by atoms with Crippen LogP contribution in [0.1, 0.15) is 49.7 Å². The molecule has 2 aromatic carbocycles. The van der Waals surface area contributed by atoms with Gasteiger partial charge in [-0.15, -0.1) is 0 Å². The van der Waals surface area contributed by atoms with Gasteiger partial charge in [-0.2, -0.15) is 0 Å². The molecule has 2 aliphatic rings. The number of hydrogen-bond acceptors (Lipinski definition) is 4. The maximum atomic E-state index is 12.3. The Morgan fingerprint density at radius 3 is 2.84 bits per heavy atom. The van der Waals surface area contributed by atoms with Gasteiger partial charge < -0.3 is 20.3 Å². The van der Waals surface area contributed by atoms with Crippen LogP contribution in [-0.2, 0) is 27.3 Å². The monoisotopic (exact) mass is 435 g/mol.